The largest absolute Gasteiger partial charge is 0.361 e. The van der Waals surface area contributed by atoms with Gasteiger partial charge in [-0.05, 0) is 24.1 Å². The molecule has 1 rings (SSSR count). The molecular formula is C9H13ClN4O. The highest BCUT2D eigenvalue weighted by molar-refractivity contribution is 6.28. The van der Waals surface area contributed by atoms with Crippen molar-refractivity contribution in [1.82, 2.24) is 15.3 Å². The maximum absolute atomic E-state index is 11.2. The number of aromatic nitrogens is 2. The van der Waals surface area contributed by atoms with Crippen molar-refractivity contribution in [2.24, 2.45) is 0 Å². The van der Waals surface area contributed by atoms with E-state index in [1.807, 2.05) is 6.92 Å². The van der Waals surface area contributed by atoms with Crippen LogP contribution in [0.3, 0.4) is 0 Å². The first kappa shape index (κ1) is 11.7. The molecule has 1 aromatic rings. The smallest absolute Gasteiger partial charge is 0.239 e. The zero-order valence-corrected chi connectivity index (χ0v) is 9.21. The Bertz CT molecular complexity index is 332. The highest BCUT2D eigenvalue weighted by atomic mass is 35.5. The lowest BCUT2D eigenvalue weighted by molar-refractivity contribution is -0.119. The molecule has 0 unspecified atom stereocenters. The van der Waals surface area contributed by atoms with Crippen LogP contribution >= 0.6 is 11.6 Å². The minimum absolute atomic E-state index is 0.0633. The summed E-state index contributed by atoms with van der Waals surface area (Å²) in [4.78, 5) is 18.8. The Hall–Kier alpha value is -1.36. The lowest BCUT2D eigenvalue weighted by atomic mass is 10.4. The van der Waals surface area contributed by atoms with Gasteiger partial charge < -0.3 is 10.6 Å². The Labute approximate surface area is 93.3 Å². The Morgan fingerprint density at radius 1 is 1.60 bits per heavy atom. The fourth-order valence-electron chi connectivity index (χ4n) is 0.931. The van der Waals surface area contributed by atoms with E-state index < -0.39 is 0 Å². The first-order valence-corrected chi connectivity index (χ1v) is 5.09. The fourth-order valence-corrected chi connectivity index (χ4v) is 1.08. The van der Waals surface area contributed by atoms with Gasteiger partial charge in [-0.1, -0.05) is 6.92 Å². The number of hydrogen-bond acceptors (Lipinski definition) is 4. The number of nitrogens with zero attached hydrogens (tertiary/aromatic N) is 2. The van der Waals surface area contributed by atoms with Gasteiger partial charge in [0.15, 0.2) is 0 Å². The molecule has 0 aromatic carbocycles. The van der Waals surface area contributed by atoms with E-state index in [1.165, 1.54) is 6.20 Å². The van der Waals surface area contributed by atoms with Crippen molar-refractivity contribution in [2.75, 3.05) is 18.4 Å². The summed E-state index contributed by atoms with van der Waals surface area (Å²) in [6, 6.07) is 1.65. The summed E-state index contributed by atoms with van der Waals surface area (Å²) in [6.45, 7) is 2.87. The molecule has 1 aromatic heterocycles. The molecule has 15 heavy (non-hydrogen) atoms. The van der Waals surface area contributed by atoms with Crippen molar-refractivity contribution in [2.45, 2.75) is 13.3 Å². The van der Waals surface area contributed by atoms with E-state index in [-0.39, 0.29) is 17.7 Å². The molecule has 0 aliphatic heterocycles. The van der Waals surface area contributed by atoms with Crippen molar-refractivity contribution in [3.8, 4) is 0 Å². The molecule has 0 saturated carbocycles. The summed E-state index contributed by atoms with van der Waals surface area (Å²) < 4.78 is 0. The van der Waals surface area contributed by atoms with Crippen molar-refractivity contribution in [3.05, 3.63) is 17.5 Å². The minimum atomic E-state index is -0.0633. The molecule has 1 amide bonds. The molecule has 0 atom stereocenters. The summed E-state index contributed by atoms with van der Waals surface area (Å²) in [5, 5.41) is 5.75. The number of halogens is 1. The van der Waals surface area contributed by atoms with Crippen LogP contribution in [0.5, 0.6) is 0 Å². The van der Waals surface area contributed by atoms with E-state index in [1.54, 1.807) is 6.07 Å². The lowest BCUT2D eigenvalue weighted by Gasteiger charge is -2.05. The normalized spacial score (nSPS) is 9.73. The Morgan fingerprint density at radius 2 is 2.40 bits per heavy atom. The third-order valence-corrected chi connectivity index (χ3v) is 1.81. The van der Waals surface area contributed by atoms with Gasteiger partial charge in [-0.15, -0.1) is 0 Å². The quantitative estimate of drug-likeness (QED) is 0.740. The Morgan fingerprint density at radius 3 is 3.07 bits per heavy atom. The van der Waals surface area contributed by atoms with Crippen molar-refractivity contribution < 1.29 is 4.79 Å². The van der Waals surface area contributed by atoms with E-state index in [4.69, 9.17) is 11.6 Å². The minimum Gasteiger partial charge on any atom is -0.361 e. The number of anilines is 1. The van der Waals surface area contributed by atoms with E-state index in [9.17, 15) is 4.79 Å². The molecular weight excluding hydrogens is 216 g/mol. The Kier molecular flexibility index (Phi) is 4.83. The number of hydrogen-bond donors (Lipinski definition) is 2. The highest BCUT2D eigenvalue weighted by Crippen LogP contribution is 2.04. The molecule has 82 valence electrons. The average molecular weight is 229 g/mol. The first-order valence-electron chi connectivity index (χ1n) is 4.71. The van der Waals surface area contributed by atoms with E-state index in [2.05, 4.69) is 20.6 Å². The summed E-state index contributed by atoms with van der Waals surface area (Å²) >= 11 is 5.58. The van der Waals surface area contributed by atoms with Gasteiger partial charge in [-0.2, -0.15) is 0 Å². The Balaban J connectivity index is 2.33. The zero-order valence-electron chi connectivity index (χ0n) is 8.46. The van der Waals surface area contributed by atoms with Crippen molar-refractivity contribution in [1.29, 1.82) is 0 Å². The molecule has 0 fully saturated rings. The third-order valence-electron chi connectivity index (χ3n) is 1.63. The van der Waals surface area contributed by atoms with Crippen molar-refractivity contribution >= 4 is 23.3 Å². The number of carbonyl (C=O) groups is 1. The molecule has 6 heteroatoms. The predicted octanol–water partition coefficient (Wildman–Crippen LogP) is 1.07. The van der Waals surface area contributed by atoms with Gasteiger partial charge in [0.1, 0.15) is 5.82 Å². The van der Waals surface area contributed by atoms with Crippen LogP contribution in [0.1, 0.15) is 13.3 Å². The third kappa shape index (κ3) is 4.60. The van der Waals surface area contributed by atoms with Gasteiger partial charge in [0, 0.05) is 12.7 Å². The monoisotopic (exact) mass is 228 g/mol. The van der Waals surface area contributed by atoms with Crippen LogP contribution in [-0.4, -0.2) is 29.0 Å². The van der Waals surface area contributed by atoms with Gasteiger partial charge in [0.25, 0.3) is 0 Å². The van der Waals surface area contributed by atoms with E-state index in [0.717, 1.165) is 6.42 Å². The topological polar surface area (TPSA) is 66.9 Å². The molecule has 5 nitrogen and oxygen atoms in total. The summed E-state index contributed by atoms with van der Waals surface area (Å²) in [5.41, 5.74) is 0. The lowest BCUT2D eigenvalue weighted by Crippen LogP contribution is -2.30. The zero-order chi connectivity index (χ0) is 11.1. The molecule has 2 N–H and O–H groups in total. The van der Waals surface area contributed by atoms with Crippen LogP contribution < -0.4 is 10.6 Å². The number of carbonyl (C=O) groups excluding carboxylic acids is 1. The maximum Gasteiger partial charge on any atom is 0.239 e. The standard InChI is InChI=1S/C9H13ClN4O/c1-2-4-11-8(15)6-13-7-3-5-12-9(10)14-7/h3,5H,2,4,6H2,1H3,(H,11,15)(H,12,13,14). The number of amides is 1. The van der Waals surface area contributed by atoms with Gasteiger partial charge in [0.2, 0.25) is 11.2 Å². The van der Waals surface area contributed by atoms with Gasteiger partial charge in [-0.25, -0.2) is 9.97 Å². The highest BCUT2D eigenvalue weighted by Gasteiger charge is 2.00. The summed E-state index contributed by atoms with van der Waals surface area (Å²) in [7, 11) is 0. The summed E-state index contributed by atoms with van der Waals surface area (Å²) in [5.74, 6) is 0.480. The molecule has 0 aliphatic carbocycles. The van der Waals surface area contributed by atoms with Crippen molar-refractivity contribution in [3.63, 3.8) is 0 Å². The van der Waals surface area contributed by atoms with Crippen LogP contribution in [0.25, 0.3) is 0 Å². The van der Waals surface area contributed by atoms with Crippen LogP contribution in [0.4, 0.5) is 5.82 Å². The summed E-state index contributed by atoms with van der Waals surface area (Å²) in [6.07, 6.45) is 2.45. The molecule has 0 spiro atoms. The molecule has 0 bridgehead atoms. The molecule has 0 aliphatic rings. The van der Waals surface area contributed by atoms with Crippen LogP contribution in [0, 0.1) is 0 Å². The van der Waals surface area contributed by atoms with Gasteiger partial charge >= 0.3 is 0 Å². The second kappa shape index (κ2) is 6.19. The fraction of sp³-hybridized carbons (Fsp3) is 0.444. The average Bonchev–Trinajstić information content (AvgIpc) is 2.23. The number of nitrogens with one attached hydrogen (secondary N) is 2. The molecule has 0 radical (unpaired) electrons. The predicted molar refractivity (Wildman–Crippen MR) is 58.8 cm³/mol. The van der Waals surface area contributed by atoms with Gasteiger partial charge in [0.05, 0.1) is 6.54 Å². The van der Waals surface area contributed by atoms with Crippen LogP contribution in [0.2, 0.25) is 5.28 Å². The first-order chi connectivity index (χ1) is 7.22. The van der Waals surface area contributed by atoms with Crippen LogP contribution in [-0.2, 0) is 4.79 Å². The second-order valence-corrected chi connectivity index (χ2v) is 3.25. The van der Waals surface area contributed by atoms with Crippen LogP contribution in [0.15, 0.2) is 12.3 Å². The molecule has 0 saturated heterocycles. The van der Waals surface area contributed by atoms with E-state index in [0.29, 0.717) is 12.4 Å². The second-order valence-electron chi connectivity index (χ2n) is 2.91. The SMILES string of the molecule is CCCNC(=O)CNc1ccnc(Cl)n1. The molecule has 1 heterocycles. The van der Waals surface area contributed by atoms with E-state index >= 15 is 0 Å². The number of rotatable bonds is 5. The van der Waals surface area contributed by atoms with Gasteiger partial charge in [-0.3, -0.25) is 4.79 Å². The maximum atomic E-state index is 11.2.